The molecule has 4 aromatic rings. The van der Waals surface area contributed by atoms with Crippen LogP contribution in [0.1, 0.15) is 34.2 Å². The number of carbonyl (C=O) groups excluding carboxylic acids is 2. The van der Waals surface area contributed by atoms with E-state index in [1.54, 1.807) is 13.1 Å². The Hall–Kier alpha value is -4.98. The van der Waals surface area contributed by atoms with Crippen LogP contribution < -0.4 is 4.74 Å². The normalized spacial score (nSPS) is 10.7. The van der Waals surface area contributed by atoms with E-state index in [-0.39, 0.29) is 36.1 Å². The van der Waals surface area contributed by atoms with Gasteiger partial charge in [-0.2, -0.15) is 10.4 Å². The van der Waals surface area contributed by atoms with Crippen LogP contribution in [0.25, 0.3) is 16.6 Å². The molecule has 0 aliphatic rings. The van der Waals surface area contributed by atoms with Crippen LogP contribution in [-0.2, 0) is 11.3 Å². The SMILES string of the molecule is CCOC(=O)c1nn(-c2ccc([N+](=O)[O-])cc2)cc1OCC(=O)c1cn(CCC#N)c2ccccc12. The highest BCUT2D eigenvalue weighted by Crippen LogP contribution is 2.25. The molecule has 11 heteroatoms. The van der Waals surface area contributed by atoms with Crippen molar-refractivity contribution < 1.29 is 24.0 Å². The van der Waals surface area contributed by atoms with Crippen molar-refractivity contribution in [3.8, 4) is 17.5 Å². The van der Waals surface area contributed by atoms with Gasteiger partial charge in [-0.15, -0.1) is 0 Å². The minimum absolute atomic E-state index is 0.0355. The highest BCUT2D eigenvalue weighted by Gasteiger charge is 2.22. The number of non-ortho nitro benzene ring substituents is 1. The van der Waals surface area contributed by atoms with Gasteiger partial charge in [0.2, 0.25) is 11.5 Å². The minimum Gasteiger partial charge on any atom is -0.481 e. The number of hydrogen-bond acceptors (Lipinski definition) is 8. The van der Waals surface area contributed by atoms with E-state index in [1.807, 2.05) is 28.8 Å². The number of ether oxygens (including phenoxy) is 2. The zero-order valence-corrected chi connectivity index (χ0v) is 19.3. The van der Waals surface area contributed by atoms with Gasteiger partial charge in [0, 0.05) is 41.3 Å². The molecule has 0 aliphatic carbocycles. The van der Waals surface area contributed by atoms with Crippen LogP contribution in [0.2, 0.25) is 0 Å². The van der Waals surface area contributed by atoms with E-state index in [2.05, 4.69) is 11.2 Å². The second-order valence-electron chi connectivity index (χ2n) is 7.65. The number of nitriles is 1. The van der Waals surface area contributed by atoms with Gasteiger partial charge in [-0.25, -0.2) is 9.48 Å². The van der Waals surface area contributed by atoms with Crippen LogP contribution in [0.15, 0.2) is 60.9 Å². The van der Waals surface area contributed by atoms with Gasteiger partial charge < -0.3 is 14.0 Å². The molecule has 36 heavy (non-hydrogen) atoms. The van der Waals surface area contributed by atoms with Crippen molar-refractivity contribution in [3.63, 3.8) is 0 Å². The third kappa shape index (κ3) is 4.92. The van der Waals surface area contributed by atoms with Gasteiger partial charge in [-0.1, -0.05) is 18.2 Å². The molecular weight excluding hydrogens is 466 g/mol. The summed E-state index contributed by atoms with van der Waals surface area (Å²) in [5.74, 6) is -1.01. The third-order valence-corrected chi connectivity index (χ3v) is 5.39. The molecule has 0 atom stereocenters. The van der Waals surface area contributed by atoms with Gasteiger partial charge >= 0.3 is 5.97 Å². The number of nitrogens with zero attached hydrogens (tertiary/aromatic N) is 5. The molecule has 0 fully saturated rings. The smallest absolute Gasteiger partial charge is 0.362 e. The van der Waals surface area contributed by atoms with E-state index in [0.29, 0.717) is 24.2 Å². The first kappa shape index (κ1) is 24.2. The molecule has 182 valence electrons. The summed E-state index contributed by atoms with van der Waals surface area (Å²) in [5.41, 5.74) is 1.50. The van der Waals surface area contributed by atoms with Gasteiger partial charge in [0.15, 0.2) is 12.4 Å². The molecule has 0 radical (unpaired) electrons. The highest BCUT2D eigenvalue weighted by atomic mass is 16.6. The Morgan fingerprint density at radius 2 is 1.89 bits per heavy atom. The Morgan fingerprint density at radius 3 is 2.58 bits per heavy atom. The van der Waals surface area contributed by atoms with Crippen molar-refractivity contribution in [1.29, 1.82) is 5.26 Å². The van der Waals surface area contributed by atoms with Crippen molar-refractivity contribution in [3.05, 3.63) is 82.3 Å². The second kappa shape index (κ2) is 10.5. The quantitative estimate of drug-likeness (QED) is 0.141. The van der Waals surface area contributed by atoms with E-state index in [4.69, 9.17) is 14.7 Å². The Balaban J connectivity index is 1.60. The van der Waals surface area contributed by atoms with Crippen molar-refractivity contribution in [2.45, 2.75) is 19.9 Å². The monoisotopic (exact) mass is 487 g/mol. The van der Waals surface area contributed by atoms with Gasteiger partial charge in [-0.05, 0) is 25.1 Å². The second-order valence-corrected chi connectivity index (χ2v) is 7.65. The van der Waals surface area contributed by atoms with E-state index in [1.165, 1.54) is 35.1 Å². The van der Waals surface area contributed by atoms with E-state index < -0.39 is 10.9 Å². The van der Waals surface area contributed by atoms with Crippen molar-refractivity contribution in [1.82, 2.24) is 14.3 Å². The Bertz CT molecular complexity index is 1480. The van der Waals surface area contributed by atoms with Crippen LogP contribution in [0.3, 0.4) is 0 Å². The van der Waals surface area contributed by atoms with E-state index >= 15 is 0 Å². The standard InChI is InChI=1S/C25H21N5O6/c1-2-35-25(32)24-23(15-29(27-24)17-8-10-18(11-9-17)30(33)34)36-16-22(31)20-14-28(13-5-12-26)21-7-4-3-6-19(20)21/h3-4,6-11,14-15H,2,5,13,16H2,1H3. The Labute approximate surface area is 205 Å². The molecule has 0 saturated heterocycles. The number of hydrogen-bond donors (Lipinski definition) is 0. The maximum Gasteiger partial charge on any atom is 0.362 e. The van der Waals surface area contributed by atoms with E-state index in [9.17, 15) is 19.7 Å². The molecule has 4 rings (SSSR count). The number of carbonyl (C=O) groups is 2. The van der Waals surface area contributed by atoms with Gasteiger partial charge in [0.25, 0.3) is 5.69 Å². The molecule has 0 unspecified atom stereocenters. The summed E-state index contributed by atoms with van der Waals surface area (Å²) in [5, 5.41) is 24.8. The Kier molecular flexibility index (Phi) is 7.06. The first-order valence-corrected chi connectivity index (χ1v) is 11.0. The summed E-state index contributed by atoms with van der Waals surface area (Å²) >= 11 is 0. The number of aromatic nitrogens is 3. The molecule has 0 N–H and O–H groups in total. The van der Waals surface area contributed by atoms with Gasteiger partial charge in [0.05, 0.1) is 35.9 Å². The molecule has 0 spiro atoms. The minimum atomic E-state index is -0.728. The fraction of sp³-hybridized carbons (Fsp3) is 0.200. The summed E-state index contributed by atoms with van der Waals surface area (Å²) in [7, 11) is 0. The van der Waals surface area contributed by atoms with Crippen LogP contribution in [0.5, 0.6) is 5.75 Å². The molecule has 2 aromatic heterocycles. The zero-order valence-electron chi connectivity index (χ0n) is 19.3. The highest BCUT2D eigenvalue weighted by molar-refractivity contribution is 6.08. The Morgan fingerprint density at radius 1 is 1.14 bits per heavy atom. The number of Topliss-reactive ketones (excluding diaryl/α,β-unsaturated/α-hetero) is 1. The number of benzene rings is 2. The summed E-state index contributed by atoms with van der Waals surface area (Å²) in [6, 6.07) is 15.1. The van der Waals surface area contributed by atoms with Crippen molar-refractivity contribution >= 4 is 28.3 Å². The van der Waals surface area contributed by atoms with E-state index in [0.717, 1.165) is 10.9 Å². The predicted molar refractivity (Wildman–Crippen MR) is 128 cm³/mol. The topological polar surface area (TPSA) is 142 Å². The van der Waals surface area contributed by atoms with Gasteiger partial charge in [0.1, 0.15) is 0 Å². The number of ketones is 1. The molecule has 0 aliphatic heterocycles. The van der Waals surface area contributed by atoms with Crippen molar-refractivity contribution in [2.75, 3.05) is 13.2 Å². The number of nitro benzene ring substituents is 1. The van der Waals surface area contributed by atoms with Crippen LogP contribution >= 0.6 is 0 Å². The maximum atomic E-state index is 13.1. The maximum absolute atomic E-state index is 13.1. The summed E-state index contributed by atoms with van der Waals surface area (Å²) in [6.07, 6.45) is 3.41. The van der Waals surface area contributed by atoms with Crippen molar-refractivity contribution in [2.24, 2.45) is 0 Å². The number of rotatable bonds is 10. The largest absolute Gasteiger partial charge is 0.481 e. The third-order valence-electron chi connectivity index (χ3n) is 5.39. The number of fused-ring (bicyclic) bond motifs is 1. The lowest BCUT2D eigenvalue weighted by Gasteiger charge is -2.05. The molecule has 0 bridgehead atoms. The molecule has 2 heterocycles. The number of aryl methyl sites for hydroxylation is 1. The first-order valence-electron chi connectivity index (χ1n) is 11.0. The average Bonchev–Trinajstić information content (AvgIpc) is 3.48. The molecule has 2 aromatic carbocycles. The lowest BCUT2D eigenvalue weighted by Crippen LogP contribution is -2.14. The molecule has 0 saturated carbocycles. The van der Waals surface area contributed by atoms with Crippen LogP contribution in [0.4, 0.5) is 5.69 Å². The van der Waals surface area contributed by atoms with Gasteiger partial charge in [-0.3, -0.25) is 14.9 Å². The summed E-state index contributed by atoms with van der Waals surface area (Å²) in [6.45, 7) is 1.84. The zero-order chi connectivity index (χ0) is 25.7. The summed E-state index contributed by atoms with van der Waals surface area (Å²) in [4.78, 5) is 36.0. The fourth-order valence-corrected chi connectivity index (χ4v) is 3.71. The first-order chi connectivity index (χ1) is 17.4. The number of nitro groups is 1. The lowest BCUT2D eigenvalue weighted by molar-refractivity contribution is -0.384. The predicted octanol–water partition coefficient (Wildman–Crippen LogP) is 4.09. The summed E-state index contributed by atoms with van der Waals surface area (Å²) < 4.78 is 14.0. The number of para-hydroxylation sites is 1. The number of esters is 1. The molecular formula is C25H21N5O6. The average molecular weight is 487 g/mol. The molecule has 11 nitrogen and oxygen atoms in total. The van der Waals surface area contributed by atoms with Crippen LogP contribution in [0, 0.1) is 21.4 Å². The lowest BCUT2D eigenvalue weighted by atomic mass is 10.1. The fourth-order valence-electron chi connectivity index (χ4n) is 3.71. The van der Waals surface area contributed by atoms with Crippen LogP contribution in [-0.4, -0.2) is 44.2 Å². The molecule has 0 amide bonds.